The topological polar surface area (TPSA) is 54.5 Å². The van der Waals surface area contributed by atoms with Crippen LogP contribution in [-0.4, -0.2) is 24.4 Å². The Morgan fingerprint density at radius 2 is 1.83 bits per heavy atom. The first kappa shape index (κ1) is 16.6. The van der Waals surface area contributed by atoms with Crippen molar-refractivity contribution in [3.63, 3.8) is 0 Å². The van der Waals surface area contributed by atoms with Crippen LogP contribution < -0.4 is 0 Å². The standard InChI is InChI=1S/C17H15F2NO3S/c18-14-7-6-13(15(19)11-14)10-17(21)20-16(8-9-24(20,22)23)12-4-2-1-3-5-12/h1-7,11,16H,8-10H2. The Kier molecular flexibility index (Phi) is 4.36. The lowest BCUT2D eigenvalue weighted by molar-refractivity contribution is -0.127. The molecule has 126 valence electrons. The predicted molar refractivity (Wildman–Crippen MR) is 84.5 cm³/mol. The number of amides is 1. The number of hydrogen-bond acceptors (Lipinski definition) is 3. The fraction of sp³-hybridized carbons (Fsp3) is 0.235. The molecule has 2 aromatic rings. The number of sulfonamides is 1. The highest BCUT2D eigenvalue weighted by Crippen LogP contribution is 2.34. The van der Waals surface area contributed by atoms with Crippen molar-refractivity contribution in [3.05, 3.63) is 71.3 Å². The van der Waals surface area contributed by atoms with E-state index in [0.717, 1.165) is 16.4 Å². The second kappa shape index (κ2) is 6.32. The van der Waals surface area contributed by atoms with Gasteiger partial charge >= 0.3 is 0 Å². The molecule has 4 nitrogen and oxygen atoms in total. The maximum atomic E-state index is 13.8. The van der Waals surface area contributed by atoms with Crippen LogP contribution in [0.25, 0.3) is 0 Å². The highest BCUT2D eigenvalue weighted by molar-refractivity contribution is 7.89. The van der Waals surface area contributed by atoms with E-state index >= 15 is 0 Å². The molecule has 24 heavy (non-hydrogen) atoms. The summed E-state index contributed by atoms with van der Waals surface area (Å²) < 4.78 is 52.1. The van der Waals surface area contributed by atoms with E-state index in [-0.39, 0.29) is 11.3 Å². The van der Waals surface area contributed by atoms with Crippen LogP contribution >= 0.6 is 0 Å². The van der Waals surface area contributed by atoms with Crippen molar-refractivity contribution in [2.75, 3.05) is 5.75 Å². The van der Waals surface area contributed by atoms with Gasteiger partial charge in [-0.2, -0.15) is 0 Å². The van der Waals surface area contributed by atoms with Crippen LogP contribution in [0.3, 0.4) is 0 Å². The Labute approximate surface area is 138 Å². The Bertz CT molecular complexity index is 869. The van der Waals surface area contributed by atoms with E-state index < -0.39 is 40.0 Å². The average Bonchev–Trinajstić information content (AvgIpc) is 2.86. The first-order valence-electron chi connectivity index (χ1n) is 7.42. The molecule has 0 aromatic heterocycles. The normalized spacial score (nSPS) is 19.4. The molecule has 1 unspecified atom stereocenters. The molecule has 0 aliphatic carbocycles. The molecule has 1 aliphatic rings. The highest BCUT2D eigenvalue weighted by atomic mass is 32.2. The molecule has 1 saturated heterocycles. The second-order valence-electron chi connectivity index (χ2n) is 5.63. The summed E-state index contributed by atoms with van der Waals surface area (Å²) in [5, 5.41) is 0. The van der Waals surface area contributed by atoms with E-state index in [1.807, 2.05) is 0 Å². The van der Waals surface area contributed by atoms with Crippen molar-refractivity contribution in [1.29, 1.82) is 0 Å². The molecule has 1 atom stereocenters. The van der Waals surface area contributed by atoms with Gasteiger partial charge in [-0.1, -0.05) is 36.4 Å². The minimum absolute atomic E-state index is 0.0321. The van der Waals surface area contributed by atoms with Gasteiger partial charge in [0.05, 0.1) is 18.2 Å². The van der Waals surface area contributed by atoms with Gasteiger partial charge in [0.1, 0.15) is 11.6 Å². The van der Waals surface area contributed by atoms with E-state index in [4.69, 9.17) is 0 Å². The molecule has 0 N–H and O–H groups in total. The monoisotopic (exact) mass is 351 g/mol. The molecule has 2 aromatic carbocycles. The van der Waals surface area contributed by atoms with Gasteiger partial charge in [-0.25, -0.2) is 21.5 Å². The molecule has 0 bridgehead atoms. The van der Waals surface area contributed by atoms with Gasteiger partial charge in [0.25, 0.3) is 0 Å². The molecule has 0 saturated carbocycles. The Morgan fingerprint density at radius 3 is 2.50 bits per heavy atom. The summed E-state index contributed by atoms with van der Waals surface area (Å²) in [4.78, 5) is 12.5. The Balaban J connectivity index is 1.90. The van der Waals surface area contributed by atoms with Crippen molar-refractivity contribution in [1.82, 2.24) is 4.31 Å². The SMILES string of the molecule is O=C(Cc1ccc(F)cc1F)N1C(c2ccccc2)CCS1(=O)=O. The van der Waals surface area contributed by atoms with Gasteiger partial charge < -0.3 is 0 Å². The number of carbonyl (C=O) groups excluding carboxylic acids is 1. The van der Waals surface area contributed by atoms with Crippen LogP contribution in [0.5, 0.6) is 0 Å². The zero-order valence-electron chi connectivity index (χ0n) is 12.7. The van der Waals surface area contributed by atoms with Gasteiger partial charge in [-0.15, -0.1) is 0 Å². The summed E-state index contributed by atoms with van der Waals surface area (Å²) in [6, 6.07) is 11.1. The molecule has 1 aliphatic heterocycles. The first-order valence-corrected chi connectivity index (χ1v) is 9.03. The van der Waals surface area contributed by atoms with Crippen LogP contribution in [0, 0.1) is 11.6 Å². The molecule has 3 rings (SSSR count). The molecule has 0 spiro atoms. The summed E-state index contributed by atoms with van der Waals surface area (Å²) in [7, 11) is -3.74. The molecule has 1 amide bonds. The van der Waals surface area contributed by atoms with Crippen molar-refractivity contribution >= 4 is 15.9 Å². The second-order valence-corrected chi connectivity index (χ2v) is 7.60. The lowest BCUT2D eigenvalue weighted by Gasteiger charge is -2.23. The summed E-state index contributed by atoms with van der Waals surface area (Å²) in [6.45, 7) is 0. The van der Waals surface area contributed by atoms with Crippen molar-refractivity contribution in [3.8, 4) is 0 Å². The van der Waals surface area contributed by atoms with Gasteiger partial charge in [-0.3, -0.25) is 4.79 Å². The minimum Gasteiger partial charge on any atom is -0.273 e. The van der Waals surface area contributed by atoms with Crippen LogP contribution in [0.1, 0.15) is 23.6 Å². The smallest absolute Gasteiger partial charge is 0.241 e. The van der Waals surface area contributed by atoms with Crippen LogP contribution in [0.2, 0.25) is 0 Å². The number of rotatable bonds is 3. The molecule has 7 heteroatoms. The zero-order valence-corrected chi connectivity index (χ0v) is 13.5. The van der Waals surface area contributed by atoms with E-state index in [9.17, 15) is 22.0 Å². The van der Waals surface area contributed by atoms with E-state index in [1.54, 1.807) is 30.3 Å². The fourth-order valence-electron chi connectivity index (χ4n) is 2.88. The number of carbonyl (C=O) groups is 1. The van der Waals surface area contributed by atoms with E-state index in [2.05, 4.69) is 0 Å². The average molecular weight is 351 g/mol. The van der Waals surface area contributed by atoms with Crippen molar-refractivity contribution < 1.29 is 22.0 Å². The Hall–Kier alpha value is -2.28. The maximum Gasteiger partial charge on any atom is 0.241 e. The third-order valence-electron chi connectivity index (χ3n) is 4.02. The quantitative estimate of drug-likeness (QED) is 0.854. The van der Waals surface area contributed by atoms with Gasteiger partial charge in [0.2, 0.25) is 15.9 Å². The third kappa shape index (κ3) is 3.17. The number of hydrogen-bond donors (Lipinski definition) is 0. The number of nitrogens with zero attached hydrogens (tertiary/aromatic N) is 1. The molecule has 0 radical (unpaired) electrons. The summed E-state index contributed by atoms with van der Waals surface area (Å²) in [6.07, 6.45) is -0.140. The summed E-state index contributed by atoms with van der Waals surface area (Å²) in [5.74, 6) is -2.47. The molecular formula is C17H15F2NO3S. The van der Waals surface area contributed by atoms with Crippen LogP contribution in [0.15, 0.2) is 48.5 Å². The molecular weight excluding hydrogens is 336 g/mol. The van der Waals surface area contributed by atoms with Crippen molar-refractivity contribution in [2.45, 2.75) is 18.9 Å². The van der Waals surface area contributed by atoms with Crippen LogP contribution in [0.4, 0.5) is 8.78 Å². The van der Waals surface area contributed by atoms with Gasteiger partial charge in [0, 0.05) is 6.07 Å². The zero-order chi connectivity index (χ0) is 17.3. The van der Waals surface area contributed by atoms with Crippen molar-refractivity contribution in [2.24, 2.45) is 0 Å². The van der Waals surface area contributed by atoms with Crippen LogP contribution in [-0.2, 0) is 21.2 Å². The lowest BCUT2D eigenvalue weighted by Crippen LogP contribution is -2.36. The molecule has 1 fully saturated rings. The number of benzene rings is 2. The first-order chi connectivity index (χ1) is 11.4. The third-order valence-corrected chi connectivity index (χ3v) is 5.83. The lowest BCUT2D eigenvalue weighted by atomic mass is 10.0. The Morgan fingerprint density at radius 1 is 1.12 bits per heavy atom. The van der Waals surface area contributed by atoms with E-state index in [1.165, 1.54) is 0 Å². The molecule has 1 heterocycles. The van der Waals surface area contributed by atoms with Gasteiger partial charge in [-0.05, 0) is 23.6 Å². The number of halogens is 2. The summed E-state index contributed by atoms with van der Waals surface area (Å²) in [5.41, 5.74) is 0.682. The van der Waals surface area contributed by atoms with E-state index in [0.29, 0.717) is 18.1 Å². The van der Waals surface area contributed by atoms with Gasteiger partial charge in [0.15, 0.2) is 0 Å². The predicted octanol–water partition coefficient (Wildman–Crippen LogP) is 2.81. The minimum atomic E-state index is -3.74. The fourth-order valence-corrected chi connectivity index (χ4v) is 4.59. The summed E-state index contributed by atoms with van der Waals surface area (Å²) >= 11 is 0. The maximum absolute atomic E-state index is 13.8. The largest absolute Gasteiger partial charge is 0.273 e. The highest BCUT2D eigenvalue weighted by Gasteiger charge is 2.41.